The first-order valence-corrected chi connectivity index (χ1v) is 6.18. The summed E-state index contributed by atoms with van der Waals surface area (Å²) in [5, 5.41) is 0. The summed E-state index contributed by atoms with van der Waals surface area (Å²) < 4.78 is 5.21. The molecule has 0 amide bonds. The van der Waals surface area contributed by atoms with Crippen LogP contribution in [0.2, 0.25) is 0 Å². The molecule has 0 N–H and O–H groups in total. The van der Waals surface area contributed by atoms with Crippen molar-refractivity contribution in [2.75, 3.05) is 7.11 Å². The van der Waals surface area contributed by atoms with E-state index in [1.54, 1.807) is 7.11 Å². The average molecular weight is 232 g/mol. The Morgan fingerprint density at radius 1 is 1.35 bits per heavy atom. The zero-order valence-electron chi connectivity index (χ0n) is 10.8. The number of ether oxygens (including phenoxy) is 1. The molecule has 0 aromatic heterocycles. The molecule has 17 heavy (non-hydrogen) atoms. The zero-order valence-corrected chi connectivity index (χ0v) is 10.8. The highest BCUT2D eigenvalue weighted by Gasteiger charge is 2.34. The fourth-order valence-corrected chi connectivity index (χ4v) is 2.59. The van der Waals surface area contributed by atoms with Gasteiger partial charge in [0.25, 0.3) is 0 Å². The Hall–Kier alpha value is -1.31. The van der Waals surface area contributed by atoms with Gasteiger partial charge in [-0.25, -0.2) is 0 Å². The van der Waals surface area contributed by atoms with Crippen molar-refractivity contribution in [3.8, 4) is 5.75 Å². The number of benzene rings is 1. The van der Waals surface area contributed by atoms with Gasteiger partial charge in [0.15, 0.2) is 0 Å². The smallest absolute Gasteiger partial charge is 0.140 e. The normalized spacial score (nSPS) is 23.5. The molecule has 0 bridgehead atoms. The quantitative estimate of drug-likeness (QED) is 0.779. The van der Waals surface area contributed by atoms with E-state index in [9.17, 15) is 4.79 Å². The van der Waals surface area contributed by atoms with Crippen LogP contribution in [0.5, 0.6) is 5.75 Å². The maximum Gasteiger partial charge on any atom is 0.140 e. The van der Waals surface area contributed by atoms with Crippen LogP contribution in [0.1, 0.15) is 44.6 Å². The van der Waals surface area contributed by atoms with Crippen LogP contribution in [0.15, 0.2) is 24.3 Å². The molecular weight excluding hydrogens is 212 g/mol. The summed E-state index contributed by atoms with van der Waals surface area (Å²) in [6.45, 7) is 4.35. The maximum atomic E-state index is 12.2. The lowest BCUT2D eigenvalue weighted by atomic mass is 9.70. The third-order valence-corrected chi connectivity index (χ3v) is 3.65. The lowest BCUT2D eigenvalue weighted by Gasteiger charge is -2.33. The molecule has 1 aromatic rings. The van der Waals surface area contributed by atoms with E-state index in [1.165, 1.54) is 0 Å². The van der Waals surface area contributed by atoms with Crippen LogP contribution in [0.3, 0.4) is 0 Å². The second-order valence-corrected chi connectivity index (χ2v) is 5.68. The van der Waals surface area contributed by atoms with Gasteiger partial charge in [-0.1, -0.05) is 26.0 Å². The standard InChI is InChI=1S/C15H20O2/c1-15(2)8-7-13(14(16)10-15)11-5-4-6-12(9-11)17-3/h4-6,9,13H,7-8,10H2,1-3H3. The van der Waals surface area contributed by atoms with Crippen molar-refractivity contribution >= 4 is 5.78 Å². The van der Waals surface area contributed by atoms with Crippen molar-refractivity contribution in [1.82, 2.24) is 0 Å². The van der Waals surface area contributed by atoms with E-state index < -0.39 is 0 Å². The van der Waals surface area contributed by atoms with Crippen LogP contribution in [0.25, 0.3) is 0 Å². The Kier molecular flexibility index (Phi) is 3.23. The molecule has 0 radical (unpaired) electrons. The van der Waals surface area contributed by atoms with Crippen molar-refractivity contribution in [2.45, 2.75) is 39.0 Å². The first-order valence-electron chi connectivity index (χ1n) is 6.18. The lowest BCUT2D eigenvalue weighted by molar-refractivity contribution is -0.124. The number of carbonyl (C=O) groups excluding carboxylic acids is 1. The highest BCUT2D eigenvalue weighted by Crippen LogP contribution is 2.40. The van der Waals surface area contributed by atoms with Crippen molar-refractivity contribution in [3.05, 3.63) is 29.8 Å². The Balaban J connectivity index is 2.20. The second kappa shape index (κ2) is 4.52. The largest absolute Gasteiger partial charge is 0.497 e. The van der Waals surface area contributed by atoms with E-state index >= 15 is 0 Å². The van der Waals surface area contributed by atoms with E-state index in [2.05, 4.69) is 13.8 Å². The van der Waals surface area contributed by atoms with Gasteiger partial charge in [-0.2, -0.15) is 0 Å². The highest BCUT2D eigenvalue weighted by atomic mass is 16.5. The number of carbonyl (C=O) groups is 1. The van der Waals surface area contributed by atoms with Crippen molar-refractivity contribution < 1.29 is 9.53 Å². The van der Waals surface area contributed by atoms with Crippen molar-refractivity contribution in [2.24, 2.45) is 5.41 Å². The molecule has 0 heterocycles. The van der Waals surface area contributed by atoms with E-state index in [0.29, 0.717) is 12.2 Å². The predicted molar refractivity (Wildman–Crippen MR) is 68.4 cm³/mol. The Morgan fingerprint density at radius 2 is 2.12 bits per heavy atom. The predicted octanol–water partition coefficient (Wildman–Crippen LogP) is 3.56. The van der Waals surface area contributed by atoms with E-state index in [-0.39, 0.29) is 11.3 Å². The van der Waals surface area contributed by atoms with Gasteiger partial charge < -0.3 is 4.74 Å². The molecule has 1 fully saturated rings. The summed E-state index contributed by atoms with van der Waals surface area (Å²) >= 11 is 0. The maximum absolute atomic E-state index is 12.2. The minimum absolute atomic E-state index is 0.0677. The molecule has 0 saturated heterocycles. The number of rotatable bonds is 2. The van der Waals surface area contributed by atoms with Gasteiger partial charge in [-0.3, -0.25) is 4.79 Å². The molecule has 1 saturated carbocycles. The van der Waals surface area contributed by atoms with E-state index in [4.69, 9.17) is 4.74 Å². The SMILES string of the molecule is COc1cccc(C2CCC(C)(C)CC2=O)c1. The fraction of sp³-hybridized carbons (Fsp3) is 0.533. The minimum Gasteiger partial charge on any atom is -0.497 e. The number of Topliss-reactive ketones (excluding diaryl/α,β-unsaturated/α-hetero) is 1. The monoisotopic (exact) mass is 232 g/mol. The zero-order chi connectivity index (χ0) is 12.5. The molecule has 1 atom stereocenters. The highest BCUT2D eigenvalue weighted by molar-refractivity contribution is 5.87. The van der Waals surface area contributed by atoms with Gasteiger partial charge in [0.1, 0.15) is 11.5 Å². The van der Waals surface area contributed by atoms with Gasteiger partial charge in [-0.15, -0.1) is 0 Å². The Labute approximate surface area is 103 Å². The number of hydrogen-bond donors (Lipinski definition) is 0. The van der Waals surface area contributed by atoms with Crippen LogP contribution in [-0.4, -0.2) is 12.9 Å². The van der Waals surface area contributed by atoms with E-state index in [1.807, 2.05) is 24.3 Å². The van der Waals surface area contributed by atoms with Gasteiger partial charge in [0.2, 0.25) is 0 Å². The molecule has 2 nitrogen and oxygen atoms in total. The molecule has 1 unspecified atom stereocenters. The molecular formula is C15H20O2. The summed E-state index contributed by atoms with van der Waals surface area (Å²) in [4.78, 5) is 12.2. The van der Waals surface area contributed by atoms with Crippen LogP contribution in [0, 0.1) is 5.41 Å². The summed E-state index contributed by atoms with van der Waals surface area (Å²) in [6, 6.07) is 7.90. The number of ketones is 1. The van der Waals surface area contributed by atoms with Crippen LogP contribution >= 0.6 is 0 Å². The third-order valence-electron chi connectivity index (χ3n) is 3.65. The average Bonchev–Trinajstić information content (AvgIpc) is 2.28. The third kappa shape index (κ3) is 2.68. The first-order chi connectivity index (χ1) is 8.02. The summed E-state index contributed by atoms with van der Waals surface area (Å²) in [5.74, 6) is 1.27. The minimum atomic E-state index is 0.0677. The second-order valence-electron chi connectivity index (χ2n) is 5.68. The van der Waals surface area contributed by atoms with Gasteiger partial charge >= 0.3 is 0 Å². The number of methoxy groups -OCH3 is 1. The number of hydrogen-bond acceptors (Lipinski definition) is 2. The van der Waals surface area contributed by atoms with Crippen LogP contribution in [0.4, 0.5) is 0 Å². The van der Waals surface area contributed by atoms with Crippen molar-refractivity contribution in [1.29, 1.82) is 0 Å². The van der Waals surface area contributed by atoms with Crippen LogP contribution in [-0.2, 0) is 4.79 Å². The van der Waals surface area contributed by atoms with Crippen molar-refractivity contribution in [3.63, 3.8) is 0 Å². The molecule has 1 aromatic carbocycles. The summed E-state index contributed by atoms with van der Waals surface area (Å²) in [7, 11) is 1.66. The summed E-state index contributed by atoms with van der Waals surface area (Å²) in [6.07, 6.45) is 2.76. The molecule has 0 spiro atoms. The Bertz CT molecular complexity index is 421. The fourth-order valence-electron chi connectivity index (χ4n) is 2.59. The molecule has 2 heteroatoms. The molecule has 0 aliphatic heterocycles. The van der Waals surface area contributed by atoms with Gasteiger partial charge in [0, 0.05) is 12.3 Å². The molecule has 92 valence electrons. The molecule has 1 aliphatic carbocycles. The van der Waals surface area contributed by atoms with Gasteiger partial charge in [-0.05, 0) is 36.0 Å². The van der Waals surface area contributed by atoms with Crippen LogP contribution < -0.4 is 4.74 Å². The summed E-state index contributed by atoms with van der Waals surface area (Å²) in [5.41, 5.74) is 1.27. The first kappa shape index (κ1) is 12.2. The van der Waals surface area contributed by atoms with Gasteiger partial charge in [0.05, 0.1) is 7.11 Å². The molecule has 1 aliphatic rings. The topological polar surface area (TPSA) is 26.3 Å². The Morgan fingerprint density at radius 3 is 2.76 bits per heavy atom. The lowest BCUT2D eigenvalue weighted by Crippen LogP contribution is -2.28. The van der Waals surface area contributed by atoms with E-state index in [0.717, 1.165) is 24.2 Å². The molecule has 2 rings (SSSR count).